The molecule has 0 spiro atoms. The fourth-order valence-corrected chi connectivity index (χ4v) is 2.05. The van der Waals surface area contributed by atoms with E-state index in [9.17, 15) is 0 Å². The Labute approximate surface area is 79.2 Å². The topological polar surface area (TPSA) is 38.9 Å². The van der Waals surface area contributed by atoms with Gasteiger partial charge in [-0.1, -0.05) is 6.07 Å². The van der Waals surface area contributed by atoms with Crippen LogP contribution in [0.2, 0.25) is 0 Å². The summed E-state index contributed by atoms with van der Waals surface area (Å²) in [5, 5.41) is 0. The van der Waals surface area contributed by atoms with Crippen LogP contribution in [-0.2, 0) is 5.41 Å². The zero-order chi connectivity index (χ0) is 9.47. The van der Waals surface area contributed by atoms with Crippen LogP contribution in [-0.4, -0.2) is 11.0 Å². The van der Waals surface area contributed by atoms with Gasteiger partial charge in [0.25, 0.3) is 0 Å². The highest BCUT2D eigenvalue weighted by molar-refractivity contribution is 5.33. The first-order chi connectivity index (χ1) is 6.17. The number of rotatable bonds is 2. The average molecular weight is 176 g/mol. The van der Waals surface area contributed by atoms with Crippen LogP contribution in [0.5, 0.6) is 0 Å². The van der Waals surface area contributed by atoms with Crippen LogP contribution in [0.1, 0.15) is 31.0 Å². The zero-order valence-corrected chi connectivity index (χ0v) is 8.25. The van der Waals surface area contributed by atoms with Crippen LogP contribution < -0.4 is 5.73 Å². The number of aryl methyl sites for hydroxylation is 1. The van der Waals surface area contributed by atoms with E-state index in [-0.39, 0.29) is 11.5 Å². The molecule has 13 heavy (non-hydrogen) atoms. The average Bonchev–Trinajstić information content (AvgIpc) is 2.85. The lowest BCUT2D eigenvalue weighted by Gasteiger charge is -2.20. The van der Waals surface area contributed by atoms with Crippen molar-refractivity contribution in [3.05, 3.63) is 29.6 Å². The van der Waals surface area contributed by atoms with Gasteiger partial charge in [0, 0.05) is 17.7 Å². The number of nitrogens with two attached hydrogens (primary N) is 1. The van der Waals surface area contributed by atoms with Gasteiger partial charge < -0.3 is 5.73 Å². The van der Waals surface area contributed by atoms with Crippen LogP contribution >= 0.6 is 0 Å². The van der Waals surface area contributed by atoms with E-state index in [1.54, 1.807) is 0 Å². The molecular formula is C11H16N2. The fraction of sp³-hybridized carbons (Fsp3) is 0.545. The van der Waals surface area contributed by atoms with Crippen molar-refractivity contribution < 1.29 is 0 Å². The van der Waals surface area contributed by atoms with Gasteiger partial charge in [0.05, 0.1) is 5.69 Å². The van der Waals surface area contributed by atoms with Gasteiger partial charge in [-0.05, 0) is 38.3 Å². The zero-order valence-electron chi connectivity index (χ0n) is 8.25. The maximum Gasteiger partial charge on any atom is 0.0509 e. The highest BCUT2D eigenvalue weighted by Gasteiger charge is 2.49. The summed E-state index contributed by atoms with van der Waals surface area (Å²) in [6, 6.07) is 4.32. The molecule has 1 unspecified atom stereocenters. The quantitative estimate of drug-likeness (QED) is 0.745. The maximum absolute atomic E-state index is 5.99. The first kappa shape index (κ1) is 8.70. The molecule has 0 radical (unpaired) electrons. The van der Waals surface area contributed by atoms with Gasteiger partial charge in [-0.15, -0.1) is 0 Å². The number of hydrogen-bond acceptors (Lipinski definition) is 2. The van der Waals surface area contributed by atoms with Gasteiger partial charge in [-0.3, -0.25) is 4.98 Å². The van der Waals surface area contributed by atoms with Crippen molar-refractivity contribution in [2.24, 2.45) is 5.73 Å². The number of pyridine rings is 1. The summed E-state index contributed by atoms with van der Waals surface area (Å²) in [5.41, 5.74) is 8.68. The van der Waals surface area contributed by atoms with Crippen molar-refractivity contribution in [3.63, 3.8) is 0 Å². The van der Waals surface area contributed by atoms with Gasteiger partial charge in [0.15, 0.2) is 0 Å². The van der Waals surface area contributed by atoms with Crippen LogP contribution in [0.4, 0.5) is 0 Å². The first-order valence-corrected chi connectivity index (χ1v) is 4.84. The molecule has 0 aliphatic heterocycles. The van der Waals surface area contributed by atoms with E-state index in [2.05, 4.69) is 24.9 Å². The lowest BCUT2D eigenvalue weighted by molar-refractivity contribution is 0.539. The molecule has 1 aliphatic rings. The molecule has 1 aliphatic carbocycles. The fourth-order valence-electron chi connectivity index (χ4n) is 2.05. The van der Waals surface area contributed by atoms with Gasteiger partial charge in [0.2, 0.25) is 0 Å². The minimum atomic E-state index is 0.200. The number of aromatic nitrogens is 1. The Morgan fingerprint density at radius 2 is 2.23 bits per heavy atom. The molecule has 1 heterocycles. The Kier molecular flexibility index (Phi) is 1.88. The van der Waals surface area contributed by atoms with E-state index >= 15 is 0 Å². The van der Waals surface area contributed by atoms with E-state index in [1.807, 2.05) is 12.3 Å². The maximum atomic E-state index is 5.99. The first-order valence-electron chi connectivity index (χ1n) is 4.84. The predicted octanol–water partition coefficient (Wildman–Crippen LogP) is 1.77. The number of hydrogen-bond donors (Lipinski definition) is 1. The van der Waals surface area contributed by atoms with E-state index in [0.717, 1.165) is 0 Å². The molecule has 2 N–H and O–H groups in total. The molecule has 2 nitrogen and oxygen atoms in total. The molecular weight excluding hydrogens is 160 g/mol. The summed E-state index contributed by atoms with van der Waals surface area (Å²) in [7, 11) is 0. The monoisotopic (exact) mass is 176 g/mol. The standard InChI is InChI=1S/C11H16N2/c1-8-4-3-7-13-10(8)11(5-6-11)9(2)12/h3-4,7,9H,5-6,12H2,1-2H3. The molecule has 1 saturated carbocycles. The van der Waals surface area contributed by atoms with Gasteiger partial charge in [-0.25, -0.2) is 0 Å². The van der Waals surface area contributed by atoms with Gasteiger partial charge in [0.1, 0.15) is 0 Å². The van der Waals surface area contributed by atoms with Crippen molar-refractivity contribution >= 4 is 0 Å². The highest BCUT2D eigenvalue weighted by Crippen LogP contribution is 2.50. The summed E-state index contributed by atoms with van der Waals surface area (Å²) in [4.78, 5) is 4.45. The Hall–Kier alpha value is -0.890. The second-order valence-corrected chi connectivity index (χ2v) is 4.11. The Balaban J connectivity index is 2.41. The molecule has 70 valence electrons. The molecule has 0 amide bonds. The third-order valence-electron chi connectivity index (χ3n) is 3.14. The molecule has 1 fully saturated rings. The summed E-state index contributed by atoms with van der Waals surface area (Å²) in [6.45, 7) is 4.20. The molecule has 1 atom stereocenters. The van der Waals surface area contributed by atoms with Crippen molar-refractivity contribution in [3.8, 4) is 0 Å². The normalized spacial score (nSPS) is 21.2. The van der Waals surface area contributed by atoms with E-state index < -0.39 is 0 Å². The second kappa shape index (κ2) is 2.81. The van der Waals surface area contributed by atoms with Crippen molar-refractivity contribution in [2.45, 2.75) is 38.1 Å². The van der Waals surface area contributed by atoms with E-state index in [1.165, 1.54) is 24.1 Å². The Morgan fingerprint density at radius 3 is 2.69 bits per heavy atom. The van der Waals surface area contributed by atoms with Crippen molar-refractivity contribution in [1.82, 2.24) is 4.98 Å². The molecule has 0 saturated heterocycles. The summed E-state index contributed by atoms with van der Waals surface area (Å²) >= 11 is 0. The Morgan fingerprint density at radius 1 is 1.54 bits per heavy atom. The van der Waals surface area contributed by atoms with Gasteiger partial charge in [-0.2, -0.15) is 0 Å². The highest BCUT2D eigenvalue weighted by atomic mass is 14.8. The predicted molar refractivity (Wildman–Crippen MR) is 53.5 cm³/mol. The van der Waals surface area contributed by atoms with Crippen molar-refractivity contribution in [2.75, 3.05) is 0 Å². The molecule has 0 bridgehead atoms. The van der Waals surface area contributed by atoms with Crippen LogP contribution in [0.25, 0.3) is 0 Å². The molecule has 2 heteroatoms. The Bertz CT molecular complexity index is 314. The third kappa shape index (κ3) is 1.25. The second-order valence-electron chi connectivity index (χ2n) is 4.11. The lowest BCUT2D eigenvalue weighted by atomic mass is 9.91. The van der Waals surface area contributed by atoms with E-state index in [0.29, 0.717) is 0 Å². The smallest absolute Gasteiger partial charge is 0.0509 e. The summed E-state index contributed by atoms with van der Waals surface area (Å²) in [5.74, 6) is 0. The van der Waals surface area contributed by atoms with Crippen LogP contribution in [0.15, 0.2) is 18.3 Å². The van der Waals surface area contributed by atoms with Crippen molar-refractivity contribution in [1.29, 1.82) is 0 Å². The number of nitrogens with zero attached hydrogens (tertiary/aromatic N) is 1. The van der Waals surface area contributed by atoms with Crippen LogP contribution in [0, 0.1) is 6.92 Å². The SMILES string of the molecule is Cc1cccnc1C1(C(C)N)CC1. The lowest BCUT2D eigenvalue weighted by Crippen LogP contribution is -2.32. The minimum absolute atomic E-state index is 0.200. The molecule has 1 aromatic heterocycles. The minimum Gasteiger partial charge on any atom is -0.327 e. The summed E-state index contributed by atoms with van der Waals surface area (Å²) in [6.07, 6.45) is 4.26. The third-order valence-corrected chi connectivity index (χ3v) is 3.14. The molecule has 0 aromatic carbocycles. The molecule has 2 rings (SSSR count). The van der Waals surface area contributed by atoms with E-state index in [4.69, 9.17) is 5.73 Å². The van der Waals surface area contributed by atoms with Gasteiger partial charge >= 0.3 is 0 Å². The molecule has 1 aromatic rings. The van der Waals surface area contributed by atoms with Crippen LogP contribution in [0.3, 0.4) is 0 Å². The summed E-state index contributed by atoms with van der Waals surface area (Å²) < 4.78 is 0. The largest absolute Gasteiger partial charge is 0.327 e.